The molecule has 12 heteroatoms. The molecule has 188 valence electrons. The molecule has 0 amide bonds. The maximum atomic E-state index is 14.6. The van der Waals surface area contributed by atoms with Gasteiger partial charge in [0.25, 0.3) is 0 Å². The molecule has 1 aliphatic rings. The van der Waals surface area contributed by atoms with E-state index in [2.05, 4.69) is 19.9 Å². The maximum absolute atomic E-state index is 14.6. The van der Waals surface area contributed by atoms with E-state index >= 15 is 0 Å². The Labute approximate surface area is 204 Å². The molecule has 1 fully saturated rings. The minimum absolute atomic E-state index is 0.106. The molecule has 36 heavy (non-hydrogen) atoms. The fraction of sp³-hybridized carbons (Fsp3) is 0.333. The number of hydrogen-bond acceptors (Lipinski definition) is 7. The molecule has 8 nitrogen and oxygen atoms in total. The summed E-state index contributed by atoms with van der Waals surface area (Å²) < 4.78 is 58.3. The van der Waals surface area contributed by atoms with Crippen molar-refractivity contribution in [1.82, 2.24) is 24.5 Å². The number of imidazole rings is 1. The third kappa shape index (κ3) is 4.55. The first-order chi connectivity index (χ1) is 17.1. The van der Waals surface area contributed by atoms with Crippen LogP contribution in [0.2, 0.25) is 0 Å². The molecule has 0 unspecified atom stereocenters. The molecular formula is C24H24F4N8. The highest BCUT2D eigenvalue weighted by Gasteiger charge is 2.41. The summed E-state index contributed by atoms with van der Waals surface area (Å²) in [7, 11) is 0. The minimum Gasteiger partial charge on any atom is -0.382 e. The van der Waals surface area contributed by atoms with Crippen LogP contribution in [0.4, 0.5) is 29.1 Å². The third-order valence-electron chi connectivity index (χ3n) is 6.61. The first-order valence-electron chi connectivity index (χ1n) is 11.4. The number of aromatic nitrogens is 5. The van der Waals surface area contributed by atoms with Crippen LogP contribution in [0.5, 0.6) is 0 Å². The summed E-state index contributed by atoms with van der Waals surface area (Å²) in [5.74, 6) is -1.23. The number of benzene rings is 1. The van der Waals surface area contributed by atoms with Crippen molar-refractivity contribution in [2.45, 2.75) is 37.5 Å². The molecule has 4 aromatic rings. The Morgan fingerprint density at radius 2 is 1.89 bits per heavy atom. The number of rotatable bonds is 6. The number of halogens is 4. The van der Waals surface area contributed by atoms with Crippen molar-refractivity contribution < 1.29 is 17.6 Å². The van der Waals surface area contributed by atoms with Crippen LogP contribution in [0.15, 0.2) is 49.2 Å². The van der Waals surface area contributed by atoms with Gasteiger partial charge in [-0.2, -0.15) is 13.2 Å². The molecule has 4 N–H and O–H groups in total. The summed E-state index contributed by atoms with van der Waals surface area (Å²) in [6.07, 6.45) is 1.19. The van der Waals surface area contributed by atoms with Gasteiger partial charge >= 0.3 is 6.18 Å². The highest BCUT2D eigenvalue weighted by atomic mass is 19.4. The Kier molecular flexibility index (Phi) is 5.99. The number of fused-ring (bicyclic) bond motifs is 1. The van der Waals surface area contributed by atoms with Crippen molar-refractivity contribution >= 4 is 22.7 Å². The molecule has 0 aliphatic carbocycles. The van der Waals surface area contributed by atoms with Crippen LogP contribution >= 0.6 is 0 Å². The molecule has 5 rings (SSSR count). The van der Waals surface area contributed by atoms with Crippen molar-refractivity contribution in [2.24, 2.45) is 5.73 Å². The topological polar surface area (TPSA) is 112 Å². The van der Waals surface area contributed by atoms with Gasteiger partial charge in [-0.05, 0) is 43.5 Å². The van der Waals surface area contributed by atoms with Crippen LogP contribution in [0.3, 0.4) is 0 Å². The second-order valence-corrected chi connectivity index (χ2v) is 9.08. The van der Waals surface area contributed by atoms with Gasteiger partial charge in [0.1, 0.15) is 17.7 Å². The van der Waals surface area contributed by atoms with Gasteiger partial charge in [-0.25, -0.2) is 19.3 Å². The predicted molar refractivity (Wildman–Crippen MR) is 127 cm³/mol. The monoisotopic (exact) mass is 500 g/mol. The highest BCUT2D eigenvalue weighted by molar-refractivity contribution is 5.81. The van der Waals surface area contributed by atoms with Crippen LogP contribution in [0.1, 0.15) is 29.7 Å². The molecule has 1 atom stereocenters. The molecule has 0 bridgehead atoms. The van der Waals surface area contributed by atoms with E-state index in [0.29, 0.717) is 32.4 Å². The molecule has 4 heterocycles. The largest absolute Gasteiger partial charge is 0.419 e. The summed E-state index contributed by atoms with van der Waals surface area (Å²) in [6, 6.07) is 7.88. The van der Waals surface area contributed by atoms with Gasteiger partial charge in [0, 0.05) is 41.8 Å². The first kappa shape index (κ1) is 23.9. The number of alkyl halides is 3. The normalized spacial score (nSPS) is 18.3. The zero-order chi connectivity index (χ0) is 25.5. The zero-order valence-electron chi connectivity index (χ0n) is 19.2. The predicted octanol–water partition coefficient (Wildman–Crippen LogP) is 3.55. The Morgan fingerprint density at radius 3 is 2.64 bits per heavy atom. The molecule has 1 aliphatic heterocycles. The maximum Gasteiger partial charge on any atom is 0.419 e. The fourth-order valence-electron chi connectivity index (χ4n) is 4.78. The van der Waals surface area contributed by atoms with Crippen LogP contribution < -0.4 is 16.4 Å². The van der Waals surface area contributed by atoms with E-state index in [-0.39, 0.29) is 34.8 Å². The number of anilines is 2. The number of nitrogen functional groups attached to an aromatic ring is 1. The van der Waals surface area contributed by atoms with E-state index in [0.717, 1.165) is 11.8 Å². The third-order valence-corrected chi connectivity index (χ3v) is 6.61. The number of nitrogens with zero attached hydrogens (tertiary/aromatic N) is 6. The summed E-state index contributed by atoms with van der Waals surface area (Å²) in [5, 5.41) is 0. The van der Waals surface area contributed by atoms with Gasteiger partial charge in [0.15, 0.2) is 11.5 Å². The Balaban J connectivity index is 1.49. The fourth-order valence-corrected chi connectivity index (χ4v) is 4.78. The van der Waals surface area contributed by atoms with E-state index in [9.17, 15) is 17.6 Å². The van der Waals surface area contributed by atoms with Gasteiger partial charge in [0.2, 0.25) is 0 Å². The number of hydrogen-bond donors (Lipinski definition) is 2. The summed E-state index contributed by atoms with van der Waals surface area (Å²) >= 11 is 0. The van der Waals surface area contributed by atoms with E-state index < -0.39 is 23.1 Å². The first-order valence-corrected chi connectivity index (χ1v) is 11.4. The Bertz CT molecular complexity index is 1390. The van der Waals surface area contributed by atoms with Crippen molar-refractivity contribution in [3.05, 3.63) is 71.8 Å². The molecule has 1 saturated heterocycles. The molecular weight excluding hydrogens is 476 g/mol. The molecule has 0 saturated carbocycles. The second kappa shape index (κ2) is 9.01. The number of pyridine rings is 1. The quantitative estimate of drug-likeness (QED) is 0.390. The Morgan fingerprint density at radius 1 is 1.06 bits per heavy atom. The number of aryl methyl sites for hydroxylation is 1. The Hall–Kier alpha value is -3.80. The van der Waals surface area contributed by atoms with Crippen molar-refractivity contribution in [1.29, 1.82) is 0 Å². The smallest absolute Gasteiger partial charge is 0.382 e. The lowest BCUT2D eigenvalue weighted by atomic mass is 9.93. The van der Waals surface area contributed by atoms with E-state index in [1.54, 1.807) is 11.1 Å². The minimum atomic E-state index is -4.90. The van der Waals surface area contributed by atoms with Crippen LogP contribution in [0, 0.1) is 5.82 Å². The van der Waals surface area contributed by atoms with E-state index in [1.807, 2.05) is 18.2 Å². The van der Waals surface area contributed by atoms with E-state index in [1.165, 1.54) is 23.3 Å². The lowest BCUT2D eigenvalue weighted by Gasteiger charge is -2.28. The van der Waals surface area contributed by atoms with Crippen LogP contribution in [-0.4, -0.2) is 43.1 Å². The average molecular weight is 501 g/mol. The lowest BCUT2D eigenvalue weighted by molar-refractivity contribution is -0.140. The molecule has 0 spiro atoms. The molecule has 0 radical (unpaired) electrons. The number of nitrogens with two attached hydrogens (primary N) is 2. The van der Waals surface area contributed by atoms with E-state index in [4.69, 9.17) is 11.5 Å². The van der Waals surface area contributed by atoms with Gasteiger partial charge < -0.3 is 20.9 Å². The average Bonchev–Trinajstić information content (AvgIpc) is 3.43. The summed E-state index contributed by atoms with van der Waals surface area (Å²) in [6.45, 7) is 0.459. The highest BCUT2D eigenvalue weighted by Crippen LogP contribution is 2.41. The van der Waals surface area contributed by atoms with Gasteiger partial charge in [0.05, 0.1) is 18.4 Å². The van der Waals surface area contributed by atoms with Crippen LogP contribution in [0.25, 0.3) is 11.2 Å². The second-order valence-electron chi connectivity index (χ2n) is 9.08. The van der Waals surface area contributed by atoms with Gasteiger partial charge in [-0.1, -0.05) is 6.07 Å². The van der Waals surface area contributed by atoms with Crippen molar-refractivity contribution in [2.75, 3.05) is 23.7 Å². The van der Waals surface area contributed by atoms with Crippen molar-refractivity contribution in [3.8, 4) is 0 Å². The molecule has 1 aromatic carbocycles. The zero-order valence-corrected chi connectivity index (χ0v) is 19.2. The standard InChI is InChI=1S/C24H24F4N8/c25-17-4-5-18(35-10-8-23(30,12-35)7-6-15-3-1-2-9-31-15)16(19(17)24(26,27)28)11-36-14-34-20-21(29)32-13-33-22(20)36/h1-5,9,13-14H,6-8,10-12,30H2,(H2,29,32,33)/t23-/m1/s1. The van der Waals surface area contributed by atoms with Crippen molar-refractivity contribution in [3.63, 3.8) is 0 Å². The SMILES string of the molecule is Nc1ncnc2c1ncn2Cc1c(N2CC[C@](N)(CCc3ccccn3)C2)ccc(F)c1C(F)(F)F. The summed E-state index contributed by atoms with van der Waals surface area (Å²) in [4.78, 5) is 18.2. The molecule has 3 aromatic heterocycles. The van der Waals surface area contributed by atoms with Crippen LogP contribution in [-0.2, 0) is 19.1 Å². The van der Waals surface area contributed by atoms with Gasteiger partial charge in [-0.3, -0.25) is 4.98 Å². The summed E-state index contributed by atoms with van der Waals surface area (Å²) in [5.41, 5.74) is 12.0. The lowest BCUT2D eigenvalue weighted by Crippen LogP contribution is -2.43. The van der Waals surface area contributed by atoms with Gasteiger partial charge in [-0.15, -0.1) is 0 Å².